The van der Waals surface area contributed by atoms with Crippen LogP contribution in [0.1, 0.15) is 77.6 Å². The van der Waals surface area contributed by atoms with Gasteiger partial charge in [0.1, 0.15) is 0 Å². The van der Waals surface area contributed by atoms with E-state index in [4.69, 9.17) is 5.11 Å². The van der Waals surface area contributed by atoms with Gasteiger partial charge in [0.05, 0.1) is 6.10 Å². The Balaban J connectivity index is 1.95. The maximum atomic E-state index is 10.4. The number of aliphatic hydroxyl groups is 1. The summed E-state index contributed by atoms with van der Waals surface area (Å²) >= 11 is 0. The zero-order valence-electron chi connectivity index (χ0n) is 14.6. The standard InChI is InChI=1S/C20H34O3/c1-2-3-6-13-19(21)14-8-5-4-7-11-17-16-18(17)12-9-10-15-20(22)23/h4-5,8,14,17-19,21H,2-3,6-7,9-13,15-16H2,1H3,(H,22,23)/b5-4-,14-8+/t17-,18+,19-/m0/s1. The van der Waals surface area contributed by atoms with Gasteiger partial charge in [-0.25, -0.2) is 0 Å². The normalized spacial score (nSPS) is 22.0. The Morgan fingerprint density at radius 3 is 2.65 bits per heavy atom. The van der Waals surface area contributed by atoms with Gasteiger partial charge in [-0.2, -0.15) is 0 Å². The van der Waals surface area contributed by atoms with E-state index in [9.17, 15) is 9.90 Å². The number of unbranched alkanes of at least 4 members (excludes halogenated alkanes) is 3. The average molecular weight is 322 g/mol. The summed E-state index contributed by atoms with van der Waals surface area (Å²) < 4.78 is 0. The van der Waals surface area contributed by atoms with Crippen molar-refractivity contribution in [2.75, 3.05) is 0 Å². The number of carboxylic acid groups (broad SMARTS) is 1. The van der Waals surface area contributed by atoms with Gasteiger partial charge >= 0.3 is 5.97 Å². The molecule has 0 aromatic rings. The monoisotopic (exact) mass is 322 g/mol. The van der Waals surface area contributed by atoms with Crippen molar-refractivity contribution in [3.05, 3.63) is 24.3 Å². The number of allylic oxidation sites excluding steroid dienone is 3. The lowest BCUT2D eigenvalue weighted by atomic mass is 10.1. The number of aliphatic hydroxyl groups excluding tert-OH is 1. The molecule has 0 saturated heterocycles. The third kappa shape index (κ3) is 11.1. The van der Waals surface area contributed by atoms with Crippen LogP contribution < -0.4 is 0 Å². The molecule has 1 fully saturated rings. The van der Waals surface area contributed by atoms with Crippen LogP contribution >= 0.6 is 0 Å². The Labute approximate surface area is 141 Å². The molecule has 0 unspecified atom stereocenters. The number of carbonyl (C=O) groups is 1. The Morgan fingerprint density at radius 2 is 1.91 bits per heavy atom. The first-order valence-electron chi connectivity index (χ1n) is 9.36. The van der Waals surface area contributed by atoms with Crippen molar-refractivity contribution in [2.24, 2.45) is 11.8 Å². The SMILES string of the molecule is CCCCC[C@H](O)/C=C/C=C\CC[C@H]1C[C@H]1CCCCC(=O)O. The molecular weight excluding hydrogens is 288 g/mol. The molecular formula is C20H34O3. The fourth-order valence-electron chi connectivity index (χ4n) is 3.08. The summed E-state index contributed by atoms with van der Waals surface area (Å²) in [7, 11) is 0. The first-order chi connectivity index (χ1) is 11.1. The molecule has 1 rings (SSSR count). The van der Waals surface area contributed by atoms with Gasteiger partial charge in [0, 0.05) is 6.42 Å². The topological polar surface area (TPSA) is 57.5 Å². The van der Waals surface area contributed by atoms with Gasteiger partial charge in [0.15, 0.2) is 0 Å². The van der Waals surface area contributed by atoms with Crippen LogP contribution in [0.5, 0.6) is 0 Å². The predicted molar refractivity (Wildman–Crippen MR) is 95.4 cm³/mol. The van der Waals surface area contributed by atoms with E-state index in [-0.39, 0.29) is 6.10 Å². The minimum Gasteiger partial charge on any atom is -0.481 e. The average Bonchev–Trinajstić information content (AvgIpc) is 3.26. The van der Waals surface area contributed by atoms with Crippen LogP contribution in [-0.4, -0.2) is 22.3 Å². The van der Waals surface area contributed by atoms with Crippen molar-refractivity contribution in [1.29, 1.82) is 0 Å². The molecule has 2 N–H and O–H groups in total. The third-order valence-electron chi connectivity index (χ3n) is 4.67. The minimum absolute atomic E-state index is 0.301. The van der Waals surface area contributed by atoms with Gasteiger partial charge in [-0.1, -0.05) is 63.3 Å². The Hall–Kier alpha value is -1.09. The van der Waals surface area contributed by atoms with Crippen molar-refractivity contribution in [1.82, 2.24) is 0 Å². The first kappa shape index (κ1) is 20.0. The highest BCUT2D eigenvalue weighted by atomic mass is 16.4. The van der Waals surface area contributed by atoms with Gasteiger partial charge in [-0.05, 0) is 43.9 Å². The largest absolute Gasteiger partial charge is 0.481 e. The quantitative estimate of drug-likeness (QED) is 0.345. The molecule has 3 atom stereocenters. The lowest BCUT2D eigenvalue weighted by Gasteiger charge is -2.03. The zero-order chi connectivity index (χ0) is 16.9. The number of carboxylic acids is 1. The van der Waals surface area contributed by atoms with E-state index in [1.807, 2.05) is 18.2 Å². The van der Waals surface area contributed by atoms with E-state index in [2.05, 4.69) is 13.0 Å². The van der Waals surface area contributed by atoms with Gasteiger partial charge < -0.3 is 10.2 Å². The molecule has 3 heteroatoms. The van der Waals surface area contributed by atoms with E-state index in [0.29, 0.717) is 6.42 Å². The molecule has 132 valence electrons. The van der Waals surface area contributed by atoms with Crippen LogP contribution in [0.25, 0.3) is 0 Å². The zero-order valence-corrected chi connectivity index (χ0v) is 14.6. The molecule has 0 bridgehead atoms. The van der Waals surface area contributed by atoms with Crippen molar-refractivity contribution in [2.45, 2.75) is 83.7 Å². The van der Waals surface area contributed by atoms with Crippen molar-refractivity contribution < 1.29 is 15.0 Å². The summed E-state index contributed by atoms with van der Waals surface area (Å²) in [5, 5.41) is 18.3. The first-order valence-corrected chi connectivity index (χ1v) is 9.36. The molecule has 0 amide bonds. The fraction of sp³-hybridized carbons (Fsp3) is 0.750. The van der Waals surface area contributed by atoms with Gasteiger partial charge in [-0.15, -0.1) is 0 Å². The highest BCUT2D eigenvalue weighted by Gasteiger charge is 2.34. The maximum Gasteiger partial charge on any atom is 0.303 e. The van der Waals surface area contributed by atoms with Crippen LogP contribution in [0.4, 0.5) is 0 Å². The van der Waals surface area contributed by atoms with E-state index >= 15 is 0 Å². The summed E-state index contributed by atoms with van der Waals surface area (Å²) in [5.74, 6) is 1.02. The van der Waals surface area contributed by atoms with Crippen LogP contribution in [-0.2, 0) is 4.79 Å². The summed E-state index contributed by atoms with van der Waals surface area (Å²) in [5.41, 5.74) is 0. The van der Waals surface area contributed by atoms with E-state index in [0.717, 1.165) is 43.9 Å². The molecule has 0 radical (unpaired) electrons. The molecule has 0 aromatic carbocycles. The second-order valence-electron chi connectivity index (χ2n) is 6.85. The van der Waals surface area contributed by atoms with E-state index in [1.165, 1.54) is 32.1 Å². The van der Waals surface area contributed by atoms with Crippen LogP contribution in [0.3, 0.4) is 0 Å². The Kier molecular flexibility index (Phi) is 10.7. The lowest BCUT2D eigenvalue weighted by molar-refractivity contribution is -0.137. The van der Waals surface area contributed by atoms with Crippen molar-refractivity contribution in [3.8, 4) is 0 Å². The number of aliphatic carboxylic acids is 1. The van der Waals surface area contributed by atoms with Crippen LogP contribution in [0, 0.1) is 11.8 Å². The smallest absolute Gasteiger partial charge is 0.303 e. The molecule has 1 aliphatic rings. The summed E-state index contributed by atoms with van der Waals surface area (Å²) in [6.45, 7) is 2.17. The highest BCUT2D eigenvalue weighted by molar-refractivity contribution is 5.66. The van der Waals surface area contributed by atoms with Crippen molar-refractivity contribution >= 4 is 5.97 Å². The Bertz CT molecular complexity index is 373. The maximum absolute atomic E-state index is 10.4. The molecule has 0 heterocycles. The molecule has 23 heavy (non-hydrogen) atoms. The molecule has 3 nitrogen and oxygen atoms in total. The van der Waals surface area contributed by atoms with Gasteiger partial charge in [-0.3, -0.25) is 4.79 Å². The van der Waals surface area contributed by atoms with Crippen LogP contribution in [0.15, 0.2) is 24.3 Å². The van der Waals surface area contributed by atoms with E-state index < -0.39 is 5.97 Å². The number of rotatable bonds is 14. The van der Waals surface area contributed by atoms with E-state index in [1.54, 1.807) is 0 Å². The highest BCUT2D eigenvalue weighted by Crippen LogP contribution is 2.45. The van der Waals surface area contributed by atoms with Gasteiger partial charge in [0.25, 0.3) is 0 Å². The van der Waals surface area contributed by atoms with Crippen molar-refractivity contribution in [3.63, 3.8) is 0 Å². The number of hydrogen-bond acceptors (Lipinski definition) is 2. The third-order valence-corrected chi connectivity index (χ3v) is 4.67. The Morgan fingerprint density at radius 1 is 1.13 bits per heavy atom. The van der Waals surface area contributed by atoms with Gasteiger partial charge in [0.2, 0.25) is 0 Å². The second kappa shape index (κ2) is 12.3. The summed E-state index contributed by atoms with van der Waals surface area (Å²) in [4.78, 5) is 10.4. The van der Waals surface area contributed by atoms with Crippen LogP contribution in [0.2, 0.25) is 0 Å². The molecule has 1 aliphatic carbocycles. The molecule has 0 aliphatic heterocycles. The molecule has 0 aromatic heterocycles. The predicted octanol–water partition coefficient (Wildman–Crippen LogP) is 5.10. The second-order valence-corrected chi connectivity index (χ2v) is 6.85. The fourth-order valence-corrected chi connectivity index (χ4v) is 3.08. The summed E-state index contributed by atoms with van der Waals surface area (Å²) in [6, 6.07) is 0. The number of hydrogen-bond donors (Lipinski definition) is 2. The summed E-state index contributed by atoms with van der Waals surface area (Å²) in [6.07, 6.45) is 19.2. The molecule has 1 saturated carbocycles. The lowest BCUT2D eigenvalue weighted by Crippen LogP contribution is -2.00. The molecule has 0 spiro atoms. The minimum atomic E-state index is -0.675.